The van der Waals surface area contributed by atoms with E-state index in [1.54, 1.807) is 13.2 Å². The number of aliphatic carboxylic acids is 1. The summed E-state index contributed by atoms with van der Waals surface area (Å²) in [5.74, 6) is -0.417. The molecule has 0 amide bonds. The molecular weight excluding hydrogens is 238 g/mol. The molecule has 0 radical (unpaired) electrons. The number of rotatable bonds is 6. The van der Waals surface area contributed by atoms with Crippen LogP contribution in [-0.2, 0) is 22.6 Å². The fourth-order valence-corrected chi connectivity index (χ4v) is 2.55. The van der Waals surface area contributed by atoms with E-state index >= 15 is 0 Å². The molecule has 5 heteroatoms. The van der Waals surface area contributed by atoms with Gasteiger partial charge in [0.2, 0.25) is 0 Å². The second kappa shape index (κ2) is 6.51. The van der Waals surface area contributed by atoms with Crippen molar-refractivity contribution < 1.29 is 14.6 Å². The Morgan fingerprint density at radius 2 is 2.29 bits per heavy atom. The molecule has 0 unspecified atom stereocenters. The summed E-state index contributed by atoms with van der Waals surface area (Å²) in [6, 6.07) is 0. The topological polar surface area (TPSA) is 59.4 Å². The largest absolute Gasteiger partial charge is 0.478 e. The van der Waals surface area contributed by atoms with Crippen molar-refractivity contribution >= 4 is 23.4 Å². The molecule has 4 nitrogen and oxygen atoms in total. The molecule has 17 heavy (non-hydrogen) atoms. The molecule has 0 bridgehead atoms. The van der Waals surface area contributed by atoms with Crippen molar-refractivity contribution in [3.8, 4) is 0 Å². The minimum absolute atomic E-state index is 0.411. The first-order valence-electron chi connectivity index (χ1n) is 5.41. The third kappa shape index (κ3) is 4.66. The van der Waals surface area contributed by atoms with Gasteiger partial charge in [0.1, 0.15) is 0 Å². The molecule has 0 atom stereocenters. The van der Waals surface area contributed by atoms with Crippen molar-refractivity contribution in [2.24, 2.45) is 5.92 Å². The van der Waals surface area contributed by atoms with E-state index in [9.17, 15) is 4.79 Å². The molecule has 1 N–H and O–H groups in total. The van der Waals surface area contributed by atoms with Crippen molar-refractivity contribution in [1.29, 1.82) is 0 Å². The molecule has 0 aromatic carbocycles. The van der Waals surface area contributed by atoms with Gasteiger partial charge in [-0.25, -0.2) is 9.78 Å². The predicted molar refractivity (Wildman–Crippen MR) is 68.0 cm³/mol. The zero-order chi connectivity index (χ0) is 12.8. The molecule has 0 aliphatic heterocycles. The minimum atomic E-state index is -0.952. The highest BCUT2D eigenvalue weighted by atomic mass is 32.1. The molecule has 0 spiro atoms. The van der Waals surface area contributed by atoms with E-state index in [1.165, 1.54) is 11.3 Å². The molecule has 1 rings (SSSR count). The van der Waals surface area contributed by atoms with Gasteiger partial charge < -0.3 is 9.84 Å². The highest BCUT2D eigenvalue weighted by molar-refractivity contribution is 7.12. The SMILES string of the molecule is COCc1nc(CC(C)C)sc1/C=C/C(=O)O. The normalized spacial score (nSPS) is 11.5. The van der Waals surface area contributed by atoms with Crippen LogP contribution in [0.15, 0.2) is 6.08 Å². The van der Waals surface area contributed by atoms with Crippen molar-refractivity contribution in [2.75, 3.05) is 7.11 Å². The van der Waals surface area contributed by atoms with Crippen molar-refractivity contribution in [3.05, 3.63) is 21.7 Å². The van der Waals surface area contributed by atoms with Gasteiger partial charge in [-0.15, -0.1) is 11.3 Å². The lowest BCUT2D eigenvalue weighted by atomic mass is 10.1. The van der Waals surface area contributed by atoms with Crippen molar-refractivity contribution in [3.63, 3.8) is 0 Å². The Hall–Kier alpha value is -1.20. The highest BCUT2D eigenvalue weighted by Crippen LogP contribution is 2.23. The molecule has 1 aromatic rings. The second-order valence-corrected chi connectivity index (χ2v) is 5.24. The first kappa shape index (κ1) is 13.9. The highest BCUT2D eigenvalue weighted by Gasteiger charge is 2.10. The van der Waals surface area contributed by atoms with Crippen LogP contribution in [0.3, 0.4) is 0 Å². The second-order valence-electron chi connectivity index (χ2n) is 4.12. The van der Waals surface area contributed by atoms with E-state index < -0.39 is 5.97 Å². The fraction of sp³-hybridized carbons (Fsp3) is 0.500. The van der Waals surface area contributed by atoms with Gasteiger partial charge in [-0.1, -0.05) is 13.8 Å². The van der Waals surface area contributed by atoms with E-state index in [1.807, 2.05) is 0 Å². The Morgan fingerprint density at radius 3 is 2.82 bits per heavy atom. The molecule has 1 heterocycles. The Kier molecular flexibility index (Phi) is 5.31. The summed E-state index contributed by atoms with van der Waals surface area (Å²) < 4.78 is 5.06. The lowest BCUT2D eigenvalue weighted by Gasteiger charge is -1.98. The third-order valence-corrected chi connectivity index (χ3v) is 3.10. The number of methoxy groups -OCH3 is 1. The Labute approximate surface area is 105 Å². The number of hydrogen-bond acceptors (Lipinski definition) is 4. The van der Waals surface area contributed by atoms with Crippen LogP contribution >= 0.6 is 11.3 Å². The minimum Gasteiger partial charge on any atom is -0.478 e. The van der Waals surface area contributed by atoms with E-state index in [-0.39, 0.29) is 0 Å². The maximum absolute atomic E-state index is 10.5. The van der Waals surface area contributed by atoms with Gasteiger partial charge in [-0.05, 0) is 12.0 Å². The molecular formula is C12H17NO3S. The maximum Gasteiger partial charge on any atom is 0.328 e. The molecule has 0 fully saturated rings. The van der Waals surface area contributed by atoms with Gasteiger partial charge in [0.15, 0.2) is 0 Å². The summed E-state index contributed by atoms with van der Waals surface area (Å²) >= 11 is 1.53. The number of carboxylic acid groups (broad SMARTS) is 1. The van der Waals surface area contributed by atoms with Crippen LogP contribution in [0.2, 0.25) is 0 Å². The monoisotopic (exact) mass is 255 g/mol. The molecule has 1 aromatic heterocycles. The number of aromatic nitrogens is 1. The predicted octanol–water partition coefficient (Wildman–Crippen LogP) is 2.59. The molecule has 0 aliphatic carbocycles. The summed E-state index contributed by atoms with van der Waals surface area (Å²) in [5, 5.41) is 9.64. The number of hydrogen-bond donors (Lipinski definition) is 1. The van der Waals surface area contributed by atoms with Crippen LogP contribution in [0.5, 0.6) is 0 Å². The standard InChI is InChI=1S/C12H17NO3S/c1-8(2)6-11-13-9(7-16-3)10(17-11)4-5-12(14)15/h4-5,8H,6-7H2,1-3H3,(H,14,15)/b5-4+. The lowest BCUT2D eigenvalue weighted by molar-refractivity contribution is -0.131. The van der Waals surface area contributed by atoms with Gasteiger partial charge in [0.05, 0.1) is 22.2 Å². The van der Waals surface area contributed by atoms with Crippen LogP contribution in [0, 0.1) is 5.92 Å². The summed E-state index contributed by atoms with van der Waals surface area (Å²) in [5.41, 5.74) is 0.811. The fourth-order valence-electron chi connectivity index (χ4n) is 1.37. The summed E-state index contributed by atoms with van der Waals surface area (Å²) in [6.45, 7) is 4.67. The maximum atomic E-state index is 10.5. The number of carboxylic acids is 1. The van der Waals surface area contributed by atoms with Crippen molar-refractivity contribution in [2.45, 2.75) is 26.9 Å². The first-order valence-corrected chi connectivity index (χ1v) is 6.23. The van der Waals surface area contributed by atoms with Gasteiger partial charge in [0, 0.05) is 19.6 Å². The number of thiazole rings is 1. The van der Waals surface area contributed by atoms with Gasteiger partial charge >= 0.3 is 5.97 Å². The molecule has 0 aliphatic rings. The summed E-state index contributed by atoms with van der Waals surface area (Å²) in [6.07, 6.45) is 3.62. The smallest absolute Gasteiger partial charge is 0.328 e. The average molecular weight is 255 g/mol. The lowest BCUT2D eigenvalue weighted by Crippen LogP contribution is -1.95. The third-order valence-electron chi connectivity index (χ3n) is 2.01. The quantitative estimate of drug-likeness (QED) is 0.794. The van der Waals surface area contributed by atoms with E-state index in [0.717, 1.165) is 28.1 Å². The van der Waals surface area contributed by atoms with E-state index in [4.69, 9.17) is 9.84 Å². The number of nitrogens with zero attached hydrogens (tertiary/aromatic N) is 1. The molecule has 94 valence electrons. The summed E-state index contributed by atoms with van der Waals surface area (Å²) in [7, 11) is 1.60. The first-order chi connectivity index (χ1) is 8.02. The Bertz CT molecular complexity index is 410. The van der Waals surface area contributed by atoms with Crippen molar-refractivity contribution in [1.82, 2.24) is 4.98 Å². The Balaban J connectivity index is 2.92. The van der Waals surface area contributed by atoms with Gasteiger partial charge in [-0.2, -0.15) is 0 Å². The van der Waals surface area contributed by atoms with E-state index in [0.29, 0.717) is 12.5 Å². The van der Waals surface area contributed by atoms with E-state index in [2.05, 4.69) is 18.8 Å². The summed E-state index contributed by atoms with van der Waals surface area (Å²) in [4.78, 5) is 15.8. The zero-order valence-corrected chi connectivity index (χ0v) is 11.1. The molecule has 0 saturated heterocycles. The van der Waals surface area contributed by atoms with Gasteiger partial charge in [0.25, 0.3) is 0 Å². The number of ether oxygens (including phenoxy) is 1. The Morgan fingerprint density at radius 1 is 1.59 bits per heavy atom. The van der Waals surface area contributed by atoms with Crippen LogP contribution in [0.4, 0.5) is 0 Å². The van der Waals surface area contributed by atoms with Crippen LogP contribution in [0.25, 0.3) is 6.08 Å². The van der Waals surface area contributed by atoms with Crippen LogP contribution in [0.1, 0.15) is 29.4 Å². The van der Waals surface area contributed by atoms with Gasteiger partial charge in [-0.3, -0.25) is 0 Å². The zero-order valence-electron chi connectivity index (χ0n) is 10.3. The van der Waals surface area contributed by atoms with Crippen LogP contribution < -0.4 is 0 Å². The van der Waals surface area contributed by atoms with Crippen LogP contribution in [-0.4, -0.2) is 23.2 Å². The average Bonchev–Trinajstić information content (AvgIpc) is 2.57. The molecule has 0 saturated carbocycles. The number of carbonyl (C=O) groups is 1.